The van der Waals surface area contributed by atoms with Gasteiger partial charge in [0, 0.05) is 12.1 Å². The van der Waals surface area contributed by atoms with Crippen LogP contribution < -0.4 is 15.8 Å². The lowest BCUT2D eigenvalue weighted by Crippen LogP contribution is -2.49. The predicted octanol–water partition coefficient (Wildman–Crippen LogP) is 2.98. The van der Waals surface area contributed by atoms with E-state index in [2.05, 4.69) is 10.7 Å². The van der Waals surface area contributed by atoms with Crippen molar-refractivity contribution in [2.24, 2.45) is 0 Å². The summed E-state index contributed by atoms with van der Waals surface area (Å²) < 4.78 is 5.24. The second-order valence-corrected chi connectivity index (χ2v) is 7.48. The van der Waals surface area contributed by atoms with Gasteiger partial charge in [-0.15, -0.1) is 0 Å². The van der Waals surface area contributed by atoms with E-state index in [9.17, 15) is 19.2 Å². The molecule has 30 heavy (non-hydrogen) atoms. The van der Waals surface area contributed by atoms with Crippen LogP contribution in [0.15, 0.2) is 54.6 Å². The largest absolute Gasteiger partial charge is 0.443 e. The Morgan fingerprint density at radius 1 is 1.03 bits per heavy atom. The van der Waals surface area contributed by atoms with E-state index in [1.807, 2.05) is 0 Å². The van der Waals surface area contributed by atoms with Crippen molar-refractivity contribution in [1.82, 2.24) is 10.7 Å². The first-order chi connectivity index (χ1) is 14.2. The smallest absolute Gasteiger partial charge is 0.427 e. The van der Waals surface area contributed by atoms with Gasteiger partial charge in [-0.2, -0.15) is 0 Å². The SMILES string of the molecule is CC(C)(C)OC(=O)NN(C(=O)CC(=O)c1ccccc1)c1cccc(CNC=O)c1. The van der Waals surface area contributed by atoms with Crippen LogP contribution in [0, 0.1) is 0 Å². The summed E-state index contributed by atoms with van der Waals surface area (Å²) in [7, 11) is 0. The molecule has 3 amide bonds. The Morgan fingerprint density at radius 2 is 1.73 bits per heavy atom. The van der Waals surface area contributed by atoms with E-state index in [4.69, 9.17) is 4.74 Å². The monoisotopic (exact) mass is 411 g/mol. The third-order valence-corrected chi connectivity index (χ3v) is 3.82. The molecule has 0 unspecified atom stereocenters. The molecular formula is C22H25N3O5. The standard InChI is InChI=1S/C22H25N3O5/c1-22(2,3)30-21(29)24-25(18-11-7-8-16(12-18)14-23-15-26)20(28)13-19(27)17-9-5-4-6-10-17/h4-12,15H,13-14H2,1-3H3,(H,23,26)(H,24,29). The summed E-state index contributed by atoms with van der Waals surface area (Å²) in [5.41, 5.74) is 3.07. The molecule has 8 heteroatoms. The van der Waals surface area contributed by atoms with E-state index in [-0.39, 0.29) is 12.3 Å². The molecule has 0 aliphatic rings. The number of hydrogen-bond donors (Lipinski definition) is 2. The zero-order valence-corrected chi connectivity index (χ0v) is 17.2. The lowest BCUT2D eigenvalue weighted by Gasteiger charge is -2.26. The Balaban J connectivity index is 2.26. The number of ether oxygens (including phenoxy) is 1. The molecule has 0 heterocycles. The number of rotatable bonds is 7. The van der Waals surface area contributed by atoms with Crippen LogP contribution in [0.3, 0.4) is 0 Å². The highest BCUT2D eigenvalue weighted by Crippen LogP contribution is 2.18. The zero-order chi connectivity index (χ0) is 22.1. The van der Waals surface area contributed by atoms with E-state index in [0.29, 0.717) is 23.2 Å². The van der Waals surface area contributed by atoms with Gasteiger partial charge >= 0.3 is 6.09 Å². The molecule has 0 radical (unpaired) electrons. The second-order valence-electron chi connectivity index (χ2n) is 7.48. The van der Waals surface area contributed by atoms with Crippen LogP contribution in [0.5, 0.6) is 0 Å². The number of nitrogens with one attached hydrogen (secondary N) is 2. The van der Waals surface area contributed by atoms with Crippen LogP contribution in [0.4, 0.5) is 10.5 Å². The second kappa shape index (κ2) is 10.2. The highest BCUT2D eigenvalue weighted by Gasteiger charge is 2.25. The molecule has 0 atom stereocenters. The molecule has 2 aromatic rings. The lowest BCUT2D eigenvalue weighted by molar-refractivity contribution is -0.118. The van der Waals surface area contributed by atoms with Crippen molar-refractivity contribution in [2.45, 2.75) is 39.3 Å². The van der Waals surface area contributed by atoms with Gasteiger partial charge in [-0.1, -0.05) is 42.5 Å². The summed E-state index contributed by atoms with van der Waals surface area (Å²) in [6, 6.07) is 15.1. The van der Waals surface area contributed by atoms with Crippen LogP contribution in [0.25, 0.3) is 0 Å². The lowest BCUT2D eigenvalue weighted by atomic mass is 10.1. The number of amides is 3. The third-order valence-electron chi connectivity index (χ3n) is 3.82. The van der Waals surface area contributed by atoms with Gasteiger partial charge in [0.1, 0.15) is 5.60 Å². The Hall–Kier alpha value is -3.68. The first-order valence-corrected chi connectivity index (χ1v) is 9.36. The van der Waals surface area contributed by atoms with Crippen LogP contribution in [-0.2, 0) is 20.9 Å². The summed E-state index contributed by atoms with van der Waals surface area (Å²) in [6.45, 7) is 5.34. The first kappa shape index (κ1) is 22.6. The molecule has 2 aromatic carbocycles. The number of hydrogen-bond acceptors (Lipinski definition) is 5. The number of hydrazine groups is 1. The van der Waals surface area contributed by atoms with Crippen molar-refractivity contribution < 1.29 is 23.9 Å². The molecule has 2 rings (SSSR count). The van der Waals surface area contributed by atoms with E-state index >= 15 is 0 Å². The van der Waals surface area contributed by atoms with E-state index in [0.717, 1.165) is 5.01 Å². The fraction of sp³-hybridized carbons (Fsp3) is 0.273. The van der Waals surface area contributed by atoms with Gasteiger partial charge in [0.25, 0.3) is 5.91 Å². The third kappa shape index (κ3) is 7.05. The average molecular weight is 411 g/mol. The van der Waals surface area contributed by atoms with Gasteiger partial charge in [-0.3, -0.25) is 14.4 Å². The highest BCUT2D eigenvalue weighted by atomic mass is 16.6. The summed E-state index contributed by atoms with van der Waals surface area (Å²) in [5, 5.41) is 3.52. The Morgan fingerprint density at radius 3 is 2.37 bits per heavy atom. The zero-order valence-electron chi connectivity index (χ0n) is 17.2. The minimum absolute atomic E-state index is 0.245. The van der Waals surface area contributed by atoms with Crippen LogP contribution in [0.1, 0.15) is 43.1 Å². The quantitative estimate of drug-likeness (QED) is 0.315. The minimum Gasteiger partial charge on any atom is -0.443 e. The summed E-state index contributed by atoms with van der Waals surface area (Å²) >= 11 is 0. The van der Waals surface area contributed by atoms with E-state index in [1.165, 1.54) is 0 Å². The maximum absolute atomic E-state index is 12.9. The van der Waals surface area contributed by atoms with Gasteiger partial charge in [0.15, 0.2) is 5.78 Å². The summed E-state index contributed by atoms with van der Waals surface area (Å²) in [5.74, 6) is -1.01. The van der Waals surface area contributed by atoms with Crippen molar-refractivity contribution in [1.29, 1.82) is 0 Å². The molecule has 8 nitrogen and oxygen atoms in total. The van der Waals surface area contributed by atoms with Crippen LogP contribution in [0.2, 0.25) is 0 Å². The van der Waals surface area contributed by atoms with Crippen molar-refractivity contribution >= 4 is 29.9 Å². The molecule has 0 saturated heterocycles. The first-order valence-electron chi connectivity index (χ1n) is 9.36. The van der Waals surface area contributed by atoms with Crippen molar-refractivity contribution in [3.8, 4) is 0 Å². The van der Waals surface area contributed by atoms with Gasteiger partial charge in [0.05, 0.1) is 12.1 Å². The molecule has 0 spiro atoms. The van der Waals surface area contributed by atoms with Gasteiger partial charge < -0.3 is 10.1 Å². The Bertz CT molecular complexity index is 906. The van der Waals surface area contributed by atoms with Gasteiger partial charge in [-0.25, -0.2) is 15.2 Å². The maximum Gasteiger partial charge on any atom is 0.427 e. The molecule has 158 valence electrons. The number of anilines is 1. The Labute approximate surface area is 175 Å². The van der Waals surface area contributed by atoms with Crippen molar-refractivity contribution in [3.63, 3.8) is 0 Å². The number of ketones is 1. The van der Waals surface area contributed by atoms with Gasteiger partial charge in [-0.05, 0) is 38.5 Å². The normalized spacial score (nSPS) is 10.6. The molecule has 0 fully saturated rings. The fourth-order valence-corrected chi connectivity index (χ4v) is 2.57. The van der Waals surface area contributed by atoms with Crippen molar-refractivity contribution in [2.75, 3.05) is 5.01 Å². The highest BCUT2D eigenvalue weighted by molar-refractivity contribution is 6.12. The topological polar surface area (TPSA) is 105 Å². The molecule has 0 saturated carbocycles. The minimum atomic E-state index is -0.834. The maximum atomic E-state index is 12.9. The summed E-state index contributed by atoms with van der Waals surface area (Å²) in [6.07, 6.45) is -0.719. The van der Waals surface area contributed by atoms with Crippen LogP contribution >= 0.6 is 0 Å². The van der Waals surface area contributed by atoms with Crippen LogP contribution in [-0.4, -0.2) is 29.8 Å². The Kier molecular flexibility index (Phi) is 7.69. The molecule has 0 bridgehead atoms. The molecule has 2 N–H and O–H groups in total. The molecule has 0 aromatic heterocycles. The number of benzene rings is 2. The molecule has 0 aliphatic carbocycles. The number of carbonyl (C=O) groups is 4. The fourth-order valence-electron chi connectivity index (χ4n) is 2.57. The predicted molar refractivity (Wildman–Crippen MR) is 112 cm³/mol. The van der Waals surface area contributed by atoms with Gasteiger partial charge in [0.2, 0.25) is 6.41 Å². The molecule has 0 aliphatic heterocycles. The number of nitrogens with zero attached hydrogens (tertiary/aromatic N) is 1. The summed E-state index contributed by atoms with van der Waals surface area (Å²) in [4.78, 5) is 48.2. The van der Waals surface area contributed by atoms with Crippen molar-refractivity contribution in [3.05, 3.63) is 65.7 Å². The number of Topliss-reactive ketones (excluding diaryl/α,β-unsaturated/α-hetero) is 1. The van der Waals surface area contributed by atoms with E-state index in [1.54, 1.807) is 75.4 Å². The number of carbonyl (C=O) groups excluding carboxylic acids is 4. The molecular weight excluding hydrogens is 386 g/mol. The van der Waals surface area contributed by atoms with E-state index < -0.39 is 24.0 Å². The average Bonchev–Trinajstić information content (AvgIpc) is 2.70.